The fraction of sp³-hybridized carbons (Fsp3) is 0.583. The maximum absolute atomic E-state index is 5.02. The quantitative estimate of drug-likeness (QED) is 0.720. The summed E-state index contributed by atoms with van der Waals surface area (Å²) in [6.45, 7) is 10.4. The van der Waals surface area contributed by atoms with E-state index in [4.69, 9.17) is 4.74 Å². The van der Waals surface area contributed by atoms with Crippen LogP contribution < -0.4 is 4.74 Å². The number of aryl methyl sites for hydroxylation is 1. The van der Waals surface area contributed by atoms with E-state index in [1.54, 1.807) is 7.11 Å². The van der Waals surface area contributed by atoms with Crippen molar-refractivity contribution in [3.05, 3.63) is 23.4 Å². The van der Waals surface area contributed by atoms with E-state index in [1.165, 1.54) is 11.1 Å². The van der Waals surface area contributed by atoms with Gasteiger partial charge in [-0.1, -0.05) is 27.7 Å². The first kappa shape index (κ1) is 12.9. The minimum atomic E-state index is 0.531. The van der Waals surface area contributed by atoms with Crippen LogP contribution in [0, 0.1) is 6.92 Å². The molecule has 80 valence electrons. The molecule has 0 aliphatic heterocycles. The molecule has 0 amide bonds. The van der Waals surface area contributed by atoms with Crippen molar-refractivity contribution in [1.82, 2.24) is 4.98 Å². The molecule has 0 unspecified atom stereocenters. The van der Waals surface area contributed by atoms with Gasteiger partial charge in [0, 0.05) is 12.3 Å². The van der Waals surface area contributed by atoms with Gasteiger partial charge in [0.05, 0.1) is 7.11 Å². The maximum atomic E-state index is 5.02. The second-order valence-corrected chi connectivity index (χ2v) is 3.24. The Morgan fingerprint density at radius 1 is 1.29 bits per heavy atom. The average Bonchev–Trinajstić information content (AvgIpc) is 2.20. The molecule has 0 atom stereocenters. The highest BCUT2D eigenvalue weighted by atomic mass is 16.5. The van der Waals surface area contributed by atoms with Gasteiger partial charge in [0.25, 0.3) is 0 Å². The van der Waals surface area contributed by atoms with E-state index in [-0.39, 0.29) is 0 Å². The standard InChI is InChI=1S/C10H15NO.C2H6/c1-7(2)9-6-11-10(12-4)5-8(9)3;1-2/h5-7H,1-4H3;1-2H3. The highest BCUT2D eigenvalue weighted by molar-refractivity contribution is 5.30. The highest BCUT2D eigenvalue weighted by Crippen LogP contribution is 2.20. The van der Waals surface area contributed by atoms with Gasteiger partial charge >= 0.3 is 0 Å². The molecular formula is C12H21NO. The van der Waals surface area contributed by atoms with Crippen LogP contribution in [-0.4, -0.2) is 12.1 Å². The number of rotatable bonds is 2. The number of ether oxygens (including phenoxy) is 1. The summed E-state index contributed by atoms with van der Waals surface area (Å²) in [6, 6.07) is 1.97. The van der Waals surface area contributed by atoms with Crippen molar-refractivity contribution >= 4 is 0 Å². The molecule has 0 saturated carbocycles. The number of methoxy groups -OCH3 is 1. The van der Waals surface area contributed by atoms with E-state index < -0.39 is 0 Å². The number of hydrogen-bond acceptors (Lipinski definition) is 2. The zero-order valence-corrected chi connectivity index (χ0v) is 10.1. The summed E-state index contributed by atoms with van der Waals surface area (Å²) in [4.78, 5) is 4.16. The number of pyridine rings is 1. The fourth-order valence-corrected chi connectivity index (χ4v) is 1.26. The van der Waals surface area contributed by atoms with Crippen LogP contribution in [-0.2, 0) is 0 Å². The van der Waals surface area contributed by atoms with Crippen LogP contribution in [0.5, 0.6) is 5.88 Å². The molecule has 0 radical (unpaired) electrons. The first-order valence-electron chi connectivity index (χ1n) is 5.15. The smallest absolute Gasteiger partial charge is 0.213 e. The Hall–Kier alpha value is -1.05. The molecule has 2 heteroatoms. The van der Waals surface area contributed by atoms with Crippen molar-refractivity contribution in [2.45, 2.75) is 40.5 Å². The molecule has 0 aliphatic rings. The lowest BCUT2D eigenvalue weighted by Gasteiger charge is -2.09. The van der Waals surface area contributed by atoms with Crippen LogP contribution in [0.2, 0.25) is 0 Å². The van der Waals surface area contributed by atoms with Gasteiger partial charge in [-0.25, -0.2) is 4.98 Å². The molecule has 0 N–H and O–H groups in total. The van der Waals surface area contributed by atoms with Gasteiger partial charge in [0.15, 0.2) is 0 Å². The summed E-state index contributed by atoms with van der Waals surface area (Å²) in [5, 5.41) is 0. The highest BCUT2D eigenvalue weighted by Gasteiger charge is 2.04. The molecule has 0 fully saturated rings. The van der Waals surface area contributed by atoms with Crippen LogP contribution in [0.15, 0.2) is 12.3 Å². The summed E-state index contributed by atoms with van der Waals surface area (Å²) in [6.07, 6.45) is 1.89. The summed E-state index contributed by atoms with van der Waals surface area (Å²) >= 11 is 0. The lowest BCUT2D eigenvalue weighted by Crippen LogP contribution is -1.95. The van der Waals surface area contributed by atoms with Crippen molar-refractivity contribution in [1.29, 1.82) is 0 Å². The molecule has 0 saturated heterocycles. The van der Waals surface area contributed by atoms with E-state index in [0.29, 0.717) is 11.8 Å². The molecular weight excluding hydrogens is 174 g/mol. The Bertz CT molecular complexity index is 269. The van der Waals surface area contributed by atoms with Gasteiger partial charge in [-0.2, -0.15) is 0 Å². The third kappa shape index (κ3) is 3.36. The molecule has 1 aromatic heterocycles. The minimum absolute atomic E-state index is 0.531. The van der Waals surface area contributed by atoms with E-state index >= 15 is 0 Å². The van der Waals surface area contributed by atoms with Gasteiger partial charge in [0.1, 0.15) is 0 Å². The molecule has 0 aromatic carbocycles. The average molecular weight is 195 g/mol. The van der Waals surface area contributed by atoms with E-state index in [9.17, 15) is 0 Å². The second-order valence-electron chi connectivity index (χ2n) is 3.24. The summed E-state index contributed by atoms with van der Waals surface area (Å²) in [5.74, 6) is 1.22. The Morgan fingerprint density at radius 2 is 1.86 bits per heavy atom. The Morgan fingerprint density at radius 3 is 2.21 bits per heavy atom. The van der Waals surface area contributed by atoms with Crippen molar-refractivity contribution < 1.29 is 4.74 Å². The Labute approximate surface area is 87.3 Å². The normalized spacial score (nSPS) is 9.36. The summed E-state index contributed by atoms with van der Waals surface area (Å²) in [7, 11) is 1.64. The van der Waals surface area contributed by atoms with Gasteiger partial charge < -0.3 is 4.74 Å². The third-order valence-corrected chi connectivity index (χ3v) is 1.96. The largest absolute Gasteiger partial charge is 0.481 e. The van der Waals surface area contributed by atoms with Crippen molar-refractivity contribution in [3.8, 4) is 5.88 Å². The predicted molar refractivity (Wildman–Crippen MR) is 61.0 cm³/mol. The van der Waals surface area contributed by atoms with Crippen LogP contribution >= 0.6 is 0 Å². The lowest BCUT2D eigenvalue weighted by molar-refractivity contribution is 0.397. The fourth-order valence-electron chi connectivity index (χ4n) is 1.26. The van der Waals surface area contributed by atoms with Gasteiger partial charge in [-0.15, -0.1) is 0 Å². The van der Waals surface area contributed by atoms with Crippen LogP contribution in [0.3, 0.4) is 0 Å². The van der Waals surface area contributed by atoms with E-state index in [2.05, 4.69) is 25.8 Å². The lowest BCUT2D eigenvalue weighted by atomic mass is 10.0. The van der Waals surface area contributed by atoms with Gasteiger partial charge in [-0.05, 0) is 24.0 Å². The molecule has 1 aromatic rings. The summed E-state index contributed by atoms with van der Waals surface area (Å²) < 4.78 is 5.02. The van der Waals surface area contributed by atoms with Gasteiger partial charge in [-0.3, -0.25) is 0 Å². The van der Waals surface area contributed by atoms with Crippen molar-refractivity contribution in [2.24, 2.45) is 0 Å². The Balaban J connectivity index is 0.000000791. The first-order chi connectivity index (χ1) is 6.65. The SMILES string of the molecule is CC.COc1cc(C)c(C(C)C)cn1. The molecule has 2 nitrogen and oxygen atoms in total. The van der Waals surface area contributed by atoms with Crippen LogP contribution in [0.4, 0.5) is 0 Å². The molecule has 1 rings (SSSR count). The number of aromatic nitrogens is 1. The second kappa shape index (κ2) is 6.41. The minimum Gasteiger partial charge on any atom is -0.481 e. The van der Waals surface area contributed by atoms with Crippen molar-refractivity contribution in [2.75, 3.05) is 7.11 Å². The number of nitrogens with zero attached hydrogens (tertiary/aromatic N) is 1. The molecule has 0 spiro atoms. The topological polar surface area (TPSA) is 22.1 Å². The van der Waals surface area contributed by atoms with E-state index in [1.807, 2.05) is 26.1 Å². The monoisotopic (exact) mass is 195 g/mol. The molecule has 1 heterocycles. The third-order valence-electron chi connectivity index (χ3n) is 1.96. The summed E-state index contributed by atoms with van der Waals surface area (Å²) in [5.41, 5.74) is 2.53. The number of hydrogen-bond donors (Lipinski definition) is 0. The predicted octanol–water partition coefficient (Wildman–Crippen LogP) is 3.55. The van der Waals surface area contributed by atoms with Crippen molar-refractivity contribution in [3.63, 3.8) is 0 Å². The Kier molecular flexibility index (Phi) is 5.93. The van der Waals surface area contributed by atoms with Crippen LogP contribution in [0.1, 0.15) is 44.7 Å². The van der Waals surface area contributed by atoms with Crippen LogP contribution in [0.25, 0.3) is 0 Å². The van der Waals surface area contributed by atoms with E-state index in [0.717, 1.165) is 0 Å². The van der Waals surface area contributed by atoms with Gasteiger partial charge in [0.2, 0.25) is 5.88 Å². The first-order valence-corrected chi connectivity index (χ1v) is 5.15. The zero-order chi connectivity index (χ0) is 11.1. The molecule has 0 aliphatic carbocycles. The molecule has 0 bridgehead atoms. The zero-order valence-electron chi connectivity index (χ0n) is 10.1. The maximum Gasteiger partial charge on any atom is 0.213 e. The molecule has 14 heavy (non-hydrogen) atoms.